The van der Waals surface area contributed by atoms with Crippen LogP contribution in [0.2, 0.25) is 0 Å². The van der Waals surface area contributed by atoms with Gasteiger partial charge in [-0.3, -0.25) is 0 Å². The van der Waals surface area contributed by atoms with Gasteiger partial charge in [0.15, 0.2) is 0 Å². The van der Waals surface area contributed by atoms with E-state index >= 15 is 0 Å². The summed E-state index contributed by atoms with van der Waals surface area (Å²) in [7, 11) is -31.1. The molecule has 0 spiro atoms. The Morgan fingerprint density at radius 1 is 0.345 bits per heavy atom. The van der Waals surface area contributed by atoms with Gasteiger partial charge in [-0.15, -0.1) is 0 Å². The van der Waals surface area contributed by atoms with E-state index in [1.54, 1.807) is 0 Å². The van der Waals surface area contributed by atoms with Crippen molar-refractivity contribution in [2.75, 3.05) is 0 Å². The van der Waals surface area contributed by atoms with Gasteiger partial charge in [0.05, 0.1) is 19.6 Å². The Balaban J connectivity index is 0.00000290. The van der Waals surface area contributed by atoms with Crippen LogP contribution in [0.1, 0.15) is 0 Å². The van der Waals surface area contributed by atoms with E-state index < -0.39 is 112 Å². The minimum atomic E-state index is -5.42. The van der Waals surface area contributed by atoms with Crippen molar-refractivity contribution in [1.82, 2.24) is 0 Å². The van der Waals surface area contributed by atoms with Crippen molar-refractivity contribution in [2.45, 2.75) is 29.4 Å². The van der Waals surface area contributed by atoms with Crippen LogP contribution < -0.4 is 127 Å². The van der Waals surface area contributed by atoms with Crippen molar-refractivity contribution in [3.63, 3.8) is 0 Å². The molecule has 18 nitrogen and oxygen atoms in total. The summed E-state index contributed by atoms with van der Waals surface area (Å²) in [6, 6.07) is 14.4. The van der Waals surface area contributed by atoms with Gasteiger partial charge in [-0.2, -0.15) is 16.8 Å². The van der Waals surface area contributed by atoms with Crippen molar-refractivity contribution in [3.05, 3.63) is 97.1 Å². The molecule has 0 heterocycles. The zero-order valence-electron chi connectivity index (χ0n) is 30.0. The molecule has 6 aromatic carbocycles. The fourth-order valence-electron chi connectivity index (χ4n) is 5.39. The molecule has 0 radical (unpaired) electrons. The molecule has 0 aliphatic heterocycles. The fraction of sp³-hybridized carbons (Fsp3) is 0. The van der Waals surface area contributed by atoms with E-state index in [4.69, 9.17) is 8.37 Å². The topological polar surface area (TPSA) is 316 Å². The summed E-state index contributed by atoms with van der Waals surface area (Å²) in [6.45, 7) is 0. The number of hydrogen-bond acceptors (Lipinski definition) is 18. The molecule has 58 heavy (non-hydrogen) atoms. The molecule has 0 bridgehead atoms. The quantitative estimate of drug-likeness (QED) is 0.0699. The van der Waals surface area contributed by atoms with Crippen LogP contribution in [0.3, 0.4) is 0 Å². The zero-order chi connectivity index (χ0) is 39.8. The van der Waals surface area contributed by atoms with Gasteiger partial charge < -0.3 is 26.6 Å². The van der Waals surface area contributed by atoms with Gasteiger partial charge in [0.25, 0.3) is 0 Å². The molecular formula is C30H16Na4O18S6. The smallest absolute Gasteiger partial charge is 0.744 e. The molecule has 0 atom stereocenters. The van der Waals surface area contributed by atoms with E-state index in [0.29, 0.717) is 12.1 Å². The SMILES string of the molecule is O=S(=O)([O-])c1cc(S(=O)(=O)[O-])c2cc(OS(=O)(=O)c3cccc4c(S(=O)(=O)Oc5ccc6cc(S(=O)(=O)[O-])cc(S(=O)(=O)[O-])c6c5)cccc34)ccc2c1.[Na+].[Na+].[Na+].[Na+]. The van der Waals surface area contributed by atoms with E-state index in [9.17, 15) is 68.7 Å². The van der Waals surface area contributed by atoms with Crippen LogP contribution in [0.15, 0.2) is 126 Å². The van der Waals surface area contributed by atoms with Crippen LogP contribution in [0.4, 0.5) is 0 Å². The Bertz CT molecular complexity index is 3090. The third-order valence-electron chi connectivity index (χ3n) is 7.63. The first-order valence-corrected chi connectivity index (χ1v) is 22.6. The van der Waals surface area contributed by atoms with E-state index in [1.807, 2.05) is 0 Å². The second-order valence-corrected chi connectivity index (χ2v) is 19.6. The number of hydrogen-bond donors (Lipinski definition) is 0. The van der Waals surface area contributed by atoms with Crippen LogP contribution in [0.5, 0.6) is 11.5 Å². The molecule has 0 N–H and O–H groups in total. The van der Waals surface area contributed by atoms with Crippen LogP contribution in [-0.2, 0) is 60.7 Å². The second kappa shape index (κ2) is 18.9. The Kier molecular flexibility index (Phi) is 17.4. The summed E-state index contributed by atoms with van der Waals surface area (Å²) in [4.78, 5) is -5.64. The molecule has 0 saturated heterocycles. The summed E-state index contributed by atoms with van der Waals surface area (Å²) in [6.07, 6.45) is 0. The van der Waals surface area contributed by atoms with Gasteiger partial charge >= 0.3 is 138 Å². The van der Waals surface area contributed by atoms with Crippen molar-refractivity contribution in [1.29, 1.82) is 0 Å². The third-order valence-corrected chi connectivity index (χ3v) is 13.6. The van der Waals surface area contributed by atoms with Gasteiger partial charge in [0.2, 0.25) is 0 Å². The van der Waals surface area contributed by atoms with Crippen LogP contribution >= 0.6 is 0 Å². The van der Waals surface area contributed by atoms with Gasteiger partial charge in [0, 0.05) is 21.5 Å². The van der Waals surface area contributed by atoms with Crippen LogP contribution in [0, 0.1) is 0 Å². The van der Waals surface area contributed by atoms with E-state index in [1.165, 1.54) is 12.1 Å². The number of rotatable bonds is 10. The predicted octanol–water partition coefficient (Wildman–Crippen LogP) is -9.69. The predicted molar refractivity (Wildman–Crippen MR) is 179 cm³/mol. The Morgan fingerprint density at radius 2 is 0.672 bits per heavy atom. The molecule has 0 aliphatic carbocycles. The van der Waals surface area contributed by atoms with Gasteiger partial charge in [-0.25, -0.2) is 33.7 Å². The Hall–Kier alpha value is -0.760. The monoisotopic (exact) mass is 948 g/mol. The normalized spacial score (nSPS) is 12.4. The zero-order valence-corrected chi connectivity index (χ0v) is 42.9. The Labute approximate surface area is 420 Å². The van der Waals surface area contributed by atoms with Gasteiger partial charge in [-0.1, -0.05) is 36.4 Å². The summed E-state index contributed by atoms with van der Waals surface area (Å²) in [5, 5.41) is -1.97. The largest absolute Gasteiger partial charge is 1.00 e. The maximum atomic E-state index is 13.6. The minimum absolute atomic E-state index is 0. The summed E-state index contributed by atoms with van der Waals surface area (Å²) >= 11 is 0. The van der Waals surface area contributed by atoms with E-state index in [-0.39, 0.29) is 140 Å². The standard InChI is InChI=1S/C30H20O18S6.4Na/c31-49(32,33)21-11-17-7-9-19(13-25(17)29(15-21)51(37,38)39)47-53(43,44)27-5-1-3-23-24(27)4-2-6-28(23)54(45,46)48-20-10-8-18-12-22(50(34,35)36)16-30(26(18)14-20)52(40,41)42;;;;/h1-16H,(H,31,32,33)(H,34,35,36)(H,37,38,39)(H,40,41,42);;;;/q;4*+1/p-4. The molecule has 284 valence electrons. The first-order chi connectivity index (χ1) is 24.8. The minimum Gasteiger partial charge on any atom is -0.744 e. The molecular weight excluding hydrogens is 933 g/mol. The summed E-state index contributed by atoms with van der Waals surface area (Å²) in [5.74, 6) is -1.16. The van der Waals surface area contributed by atoms with Crippen molar-refractivity contribution in [3.8, 4) is 11.5 Å². The van der Waals surface area contributed by atoms with Crippen LogP contribution in [-0.4, -0.2) is 68.7 Å². The average molecular weight is 949 g/mol. The van der Waals surface area contributed by atoms with Crippen molar-refractivity contribution in [2.24, 2.45) is 0 Å². The molecule has 0 fully saturated rings. The third kappa shape index (κ3) is 11.4. The van der Waals surface area contributed by atoms with E-state index in [2.05, 4.69) is 0 Å². The summed E-state index contributed by atoms with van der Waals surface area (Å²) in [5.41, 5.74) is 0. The molecule has 0 aromatic heterocycles. The van der Waals surface area contributed by atoms with Crippen molar-refractivity contribution >= 4 is 93.0 Å². The molecule has 0 amide bonds. The average Bonchev–Trinajstić information content (AvgIpc) is 3.04. The van der Waals surface area contributed by atoms with E-state index in [0.717, 1.165) is 72.8 Å². The van der Waals surface area contributed by atoms with Crippen molar-refractivity contribution < 1.29 is 195 Å². The molecule has 28 heteroatoms. The first-order valence-electron chi connectivity index (χ1n) is 14.2. The van der Waals surface area contributed by atoms with Gasteiger partial charge in [0.1, 0.15) is 61.8 Å². The molecule has 0 saturated carbocycles. The molecule has 6 rings (SSSR count). The fourth-order valence-corrected chi connectivity index (χ4v) is 10.3. The molecule has 0 aliphatic rings. The maximum Gasteiger partial charge on any atom is 1.00 e. The second-order valence-electron chi connectivity index (χ2n) is 11.1. The maximum absolute atomic E-state index is 13.6. The van der Waals surface area contributed by atoms with Crippen LogP contribution in [0.25, 0.3) is 32.3 Å². The molecule has 0 unspecified atom stereocenters. The number of benzene rings is 6. The van der Waals surface area contributed by atoms with Gasteiger partial charge in [-0.05, 0) is 71.4 Å². The first kappa shape index (κ1) is 53.4. The summed E-state index contributed by atoms with van der Waals surface area (Å²) < 4.78 is 205. The Morgan fingerprint density at radius 3 is 0.966 bits per heavy atom. The number of fused-ring (bicyclic) bond motifs is 3. The molecule has 6 aromatic rings.